The Balaban J connectivity index is 2.24. The lowest BCUT2D eigenvalue weighted by molar-refractivity contribution is -0.411. The van der Waals surface area contributed by atoms with Gasteiger partial charge in [0.25, 0.3) is 0 Å². The van der Waals surface area contributed by atoms with Crippen LogP contribution < -0.4 is 10.5 Å². The summed E-state index contributed by atoms with van der Waals surface area (Å²) in [6.07, 6.45) is 0. The number of quaternary nitrogens is 1. The lowest BCUT2D eigenvalue weighted by Crippen LogP contribution is -2.53. The predicted molar refractivity (Wildman–Crippen MR) is 64.2 cm³/mol. The zero-order valence-corrected chi connectivity index (χ0v) is 9.39. The minimum atomic E-state index is 0.173. The van der Waals surface area contributed by atoms with Gasteiger partial charge in [-0.1, -0.05) is 30.3 Å². The zero-order chi connectivity index (χ0) is 11.4. The maximum Gasteiger partial charge on any atom is 0.136 e. The van der Waals surface area contributed by atoms with E-state index in [2.05, 4.69) is 30.0 Å². The van der Waals surface area contributed by atoms with Gasteiger partial charge in [-0.15, -0.1) is 0 Å². The van der Waals surface area contributed by atoms with Crippen molar-refractivity contribution in [1.29, 1.82) is 0 Å². The molecule has 0 aliphatic carbocycles. The van der Waals surface area contributed by atoms with E-state index in [-0.39, 0.29) is 6.04 Å². The van der Waals surface area contributed by atoms with Gasteiger partial charge < -0.3 is 10.5 Å². The quantitative estimate of drug-likeness (QED) is 0.834. The second-order valence-corrected chi connectivity index (χ2v) is 3.74. The molecular formula is C14H16NO+. The molecule has 2 aromatic carbocycles. The smallest absolute Gasteiger partial charge is 0.136 e. The van der Waals surface area contributed by atoms with Crippen molar-refractivity contribution in [3.8, 4) is 5.75 Å². The van der Waals surface area contributed by atoms with Crippen molar-refractivity contribution in [2.75, 3.05) is 7.11 Å². The van der Waals surface area contributed by atoms with Crippen molar-refractivity contribution < 1.29 is 10.5 Å². The van der Waals surface area contributed by atoms with Crippen LogP contribution in [0.1, 0.15) is 17.2 Å². The molecular weight excluding hydrogens is 198 g/mol. The molecule has 0 heterocycles. The molecule has 0 fully saturated rings. The van der Waals surface area contributed by atoms with Crippen LogP contribution in [0.4, 0.5) is 0 Å². The Labute approximate surface area is 95.7 Å². The van der Waals surface area contributed by atoms with Gasteiger partial charge in [0, 0.05) is 11.1 Å². The Hall–Kier alpha value is -1.80. The fourth-order valence-corrected chi connectivity index (χ4v) is 1.71. The maximum atomic E-state index is 5.13. The van der Waals surface area contributed by atoms with E-state index >= 15 is 0 Å². The molecule has 0 unspecified atom stereocenters. The van der Waals surface area contributed by atoms with Gasteiger partial charge in [0.2, 0.25) is 0 Å². The average Bonchev–Trinajstić information content (AvgIpc) is 2.39. The number of rotatable bonds is 3. The summed E-state index contributed by atoms with van der Waals surface area (Å²) < 4.78 is 5.13. The van der Waals surface area contributed by atoms with Crippen LogP contribution in [0.2, 0.25) is 0 Å². The third-order valence-electron chi connectivity index (χ3n) is 2.72. The monoisotopic (exact) mass is 214 g/mol. The first-order valence-electron chi connectivity index (χ1n) is 5.33. The standard InChI is InChI=1S/C14H15NO/c1-16-13-9-7-12(8-10-13)14(15)11-5-3-2-4-6-11/h2-10,14H,15H2,1H3/p+1/t14-/m0/s1. The zero-order valence-electron chi connectivity index (χ0n) is 9.39. The molecule has 2 nitrogen and oxygen atoms in total. The first-order valence-corrected chi connectivity index (χ1v) is 5.33. The van der Waals surface area contributed by atoms with Gasteiger partial charge in [-0.3, -0.25) is 0 Å². The van der Waals surface area contributed by atoms with E-state index in [1.165, 1.54) is 11.1 Å². The molecule has 0 bridgehead atoms. The minimum Gasteiger partial charge on any atom is -0.497 e. The Morgan fingerprint density at radius 2 is 1.44 bits per heavy atom. The fourth-order valence-electron chi connectivity index (χ4n) is 1.71. The summed E-state index contributed by atoms with van der Waals surface area (Å²) in [4.78, 5) is 0. The summed E-state index contributed by atoms with van der Waals surface area (Å²) in [7, 11) is 1.67. The van der Waals surface area contributed by atoms with Crippen molar-refractivity contribution in [1.82, 2.24) is 0 Å². The molecule has 16 heavy (non-hydrogen) atoms. The molecule has 3 N–H and O–H groups in total. The van der Waals surface area contributed by atoms with Gasteiger partial charge in [-0.05, 0) is 24.3 Å². The van der Waals surface area contributed by atoms with Crippen LogP contribution in [0.5, 0.6) is 5.75 Å². The van der Waals surface area contributed by atoms with Gasteiger partial charge in [0.1, 0.15) is 11.8 Å². The van der Waals surface area contributed by atoms with E-state index in [0.29, 0.717) is 0 Å². The molecule has 82 valence electrons. The third-order valence-corrected chi connectivity index (χ3v) is 2.72. The summed E-state index contributed by atoms with van der Waals surface area (Å²) >= 11 is 0. The number of ether oxygens (including phenoxy) is 1. The Morgan fingerprint density at radius 1 is 0.875 bits per heavy atom. The van der Waals surface area contributed by atoms with E-state index in [4.69, 9.17) is 4.74 Å². The van der Waals surface area contributed by atoms with Gasteiger partial charge in [-0.25, -0.2) is 0 Å². The second-order valence-electron chi connectivity index (χ2n) is 3.74. The summed E-state index contributed by atoms with van der Waals surface area (Å²) in [5.74, 6) is 0.879. The Bertz CT molecular complexity index is 436. The molecule has 0 saturated carbocycles. The van der Waals surface area contributed by atoms with Crippen molar-refractivity contribution in [2.24, 2.45) is 0 Å². The highest BCUT2D eigenvalue weighted by Crippen LogP contribution is 2.20. The molecule has 0 spiro atoms. The number of benzene rings is 2. The van der Waals surface area contributed by atoms with Gasteiger partial charge >= 0.3 is 0 Å². The average molecular weight is 214 g/mol. The summed E-state index contributed by atoms with van der Waals surface area (Å²) in [5, 5.41) is 0. The first kappa shape index (κ1) is 10.7. The lowest BCUT2D eigenvalue weighted by atomic mass is 10.00. The molecule has 0 saturated heterocycles. The van der Waals surface area contributed by atoms with Crippen molar-refractivity contribution in [3.63, 3.8) is 0 Å². The second kappa shape index (κ2) is 4.81. The van der Waals surface area contributed by atoms with Gasteiger partial charge in [0.15, 0.2) is 0 Å². The summed E-state index contributed by atoms with van der Waals surface area (Å²) in [6, 6.07) is 18.5. The highest BCUT2D eigenvalue weighted by Gasteiger charge is 2.11. The van der Waals surface area contributed by atoms with Crippen LogP contribution in [0.3, 0.4) is 0 Å². The van der Waals surface area contributed by atoms with Crippen LogP contribution in [0, 0.1) is 0 Å². The van der Waals surface area contributed by atoms with Crippen molar-refractivity contribution >= 4 is 0 Å². The molecule has 2 heteroatoms. The minimum absolute atomic E-state index is 0.173. The number of methoxy groups -OCH3 is 1. The molecule has 2 aromatic rings. The molecule has 0 aliphatic heterocycles. The van der Waals surface area contributed by atoms with Crippen molar-refractivity contribution in [2.45, 2.75) is 6.04 Å². The molecule has 0 aliphatic rings. The van der Waals surface area contributed by atoms with Crippen LogP contribution in [0.25, 0.3) is 0 Å². The maximum absolute atomic E-state index is 5.13. The Kier molecular flexibility index (Phi) is 3.22. The topological polar surface area (TPSA) is 36.9 Å². The first-order chi connectivity index (χ1) is 7.81. The van der Waals surface area contributed by atoms with Gasteiger partial charge in [-0.2, -0.15) is 0 Å². The Morgan fingerprint density at radius 3 is 2.00 bits per heavy atom. The van der Waals surface area contributed by atoms with E-state index in [0.717, 1.165) is 5.75 Å². The molecule has 2 rings (SSSR count). The molecule has 0 amide bonds. The summed E-state index contributed by atoms with van der Waals surface area (Å²) in [6.45, 7) is 0. The molecule has 1 atom stereocenters. The normalized spacial score (nSPS) is 12.1. The number of hydrogen-bond acceptors (Lipinski definition) is 1. The van der Waals surface area contributed by atoms with E-state index < -0.39 is 0 Å². The SMILES string of the molecule is COc1ccc([C@@H]([NH3+])c2ccccc2)cc1. The van der Waals surface area contributed by atoms with Gasteiger partial charge in [0.05, 0.1) is 7.11 Å². The fraction of sp³-hybridized carbons (Fsp3) is 0.143. The van der Waals surface area contributed by atoms with Crippen LogP contribution in [0.15, 0.2) is 54.6 Å². The molecule has 0 radical (unpaired) electrons. The van der Waals surface area contributed by atoms with E-state index in [9.17, 15) is 0 Å². The van der Waals surface area contributed by atoms with Crippen molar-refractivity contribution in [3.05, 3.63) is 65.7 Å². The number of hydrogen-bond donors (Lipinski definition) is 1. The van der Waals surface area contributed by atoms with Crippen LogP contribution >= 0.6 is 0 Å². The van der Waals surface area contributed by atoms with E-state index in [1.807, 2.05) is 30.3 Å². The largest absolute Gasteiger partial charge is 0.497 e. The highest BCUT2D eigenvalue weighted by atomic mass is 16.5. The highest BCUT2D eigenvalue weighted by molar-refractivity contribution is 5.33. The molecule has 0 aromatic heterocycles. The third kappa shape index (κ3) is 2.23. The summed E-state index contributed by atoms with van der Waals surface area (Å²) in [5.41, 5.74) is 6.62. The predicted octanol–water partition coefficient (Wildman–Crippen LogP) is 2.03. The van der Waals surface area contributed by atoms with E-state index in [1.54, 1.807) is 7.11 Å². The lowest BCUT2D eigenvalue weighted by Gasteiger charge is -2.09. The van der Waals surface area contributed by atoms with Crippen LogP contribution in [-0.4, -0.2) is 7.11 Å². The van der Waals surface area contributed by atoms with Crippen LogP contribution in [-0.2, 0) is 0 Å².